The molecule has 1 aromatic carbocycles. The van der Waals surface area contributed by atoms with Crippen LogP contribution in [0.4, 0.5) is 0 Å². The van der Waals surface area contributed by atoms with Crippen molar-refractivity contribution in [2.24, 2.45) is 35.3 Å². The number of para-hydroxylation sites is 1. The number of aromatic nitrogens is 1. The van der Waals surface area contributed by atoms with Crippen molar-refractivity contribution in [1.29, 1.82) is 0 Å². The summed E-state index contributed by atoms with van der Waals surface area (Å²) >= 11 is 1.62. The van der Waals surface area contributed by atoms with Gasteiger partial charge in [0.15, 0.2) is 0 Å². The maximum atomic E-state index is 13.0. The minimum Gasteiger partial charge on any atom is -0.318 e. The molecule has 4 nitrogen and oxygen atoms in total. The second-order valence-electron chi connectivity index (χ2n) is 8.16. The Morgan fingerprint density at radius 1 is 1.17 bits per heavy atom. The molecule has 1 amide bonds. The van der Waals surface area contributed by atoms with Gasteiger partial charge in [0.2, 0.25) is 10.7 Å². The Bertz CT molecular complexity index is 843. The molecule has 4 fully saturated rings. The van der Waals surface area contributed by atoms with Crippen molar-refractivity contribution in [2.45, 2.75) is 38.5 Å². The average molecular weight is 341 g/mol. The predicted molar refractivity (Wildman–Crippen MR) is 95.1 cm³/mol. The molecule has 126 valence electrons. The van der Waals surface area contributed by atoms with E-state index in [1.807, 2.05) is 19.2 Å². The number of rotatable bonds is 2. The number of amides is 1. The van der Waals surface area contributed by atoms with E-state index in [0.29, 0.717) is 0 Å². The molecule has 4 saturated carbocycles. The van der Waals surface area contributed by atoms with Gasteiger partial charge in [-0.15, -0.1) is 5.10 Å². The van der Waals surface area contributed by atoms with Crippen molar-refractivity contribution in [3.8, 4) is 0 Å². The molecular formula is C19H23N3OS. The zero-order valence-electron chi connectivity index (χ0n) is 14.0. The Balaban J connectivity index is 1.43. The molecule has 24 heavy (non-hydrogen) atoms. The second-order valence-corrected chi connectivity index (χ2v) is 9.17. The van der Waals surface area contributed by atoms with Gasteiger partial charge in [0, 0.05) is 7.05 Å². The lowest BCUT2D eigenvalue weighted by Gasteiger charge is -2.55. The molecule has 0 unspecified atom stereocenters. The number of hydrogen-bond donors (Lipinski definition) is 1. The van der Waals surface area contributed by atoms with E-state index in [-0.39, 0.29) is 11.3 Å². The summed E-state index contributed by atoms with van der Waals surface area (Å²) in [6, 6.07) is 8.26. The van der Waals surface area contributed by atoms with Crippen molar-refractivity contribution in [3.63, 3.8) is 0 Å². The summed E-state index contributed by atoms with van der Waals surface area (Å²) in [7, 11) is 2.01. The molecular weight excluding hydrogens is 318 g/mol. The third-order valence-electron chi connectivity index (χ3n) is 6.49. The van der Waals surface area contributed by atoms with Gasteiger partial charge >= 0.3 is 0 Å². The van der Waals surface area contributed by atoms with Crippen LogP contribution in [0, 0.1) is 23.2 Å². The molecule has 0 saturated heterocycles. The SMILES string of the molecule is Cn1/c(=N/NC(=O)C23CC4CC(CC(C4)C2)C3)sc2ccccc21. The van der Waals surface area contributed by atoms with Crippen LogP contribution in [0.15, 0.2) is 29.4 Å². The first kappa shape index (κ1) is 14.7. The fourth-order valence-corrected chi connectivity index (χ4v) is 6.77. The van der Waals surface area contributed by atoms with Crippen molar-refractivity contribution < 1.29 is 4.79 Å². The van der Waals surface area contributed by atoms with E-state index in [0.717, 1.165) is 47.3 Å². The normalized spacial score (nSPS) is 34.9. The predicted octanol–water partition coefficient (Wildman–Crippen LogP) is 3.39. The highest BCUT2D eigenvalue weighted by Gasteiger charge is 2.54. The second kappa shape index (κ2) is 5.19. The molecule has 1 heterocycles. The van der Waals surface area contributed by atoms with Gasteiger partial charge in [0.1, 0.15) is 0 Å². The van der Waals surface area contributed by atoms with Crippen LogP contribution in [0.5, 0.6) is 0 Å². The summed E-state index contributed by atoms with van der Waals surface area (Å²) in [5, 5.41) is 4.48. The standard InChI is InChI=1S/C19H23N3OS/c1-22-15-4-2-3-5-16(15)24-18(22)21-20-17(23)19-9-12-6-13(10-19)8-14(7-12)11-19/h2-5,12-14H,6-11H2,1H3,(H,20,23)/b21-18-. The van der Waals surface area contributed by atoms with Gasteiger partial charge in [-0.1, -0.05) is 23.5 Å². The van der Waals surface area contributed by atoms with Crippen molar-refractivity contribution in [1.82, 2.24) is 9.99 Å². The maximum absolute atomic E-state index is 13.0. The van der Waals surface area contributed by atoms with Crippen LogP contribution in [0.3, 0.4) is 0 Å². The molecule has 4 aliphatic carbocycles. The molecule has 1 N–H and O–H groups in total. The Kier molecular flexibility index (Phi) is 3.18. The number of nitrogens with zero attached hydrogens (tertiary/aromatic N) is 2. The summed E-state index contributed by atoms with van der Waals surface area (Å²) in [6.45, 7) is 0. The van der Waals surface area contributed by atoms with Crippen LogP contribution < -0.4 is 10.2 Å². The zero-order valence-corrected chi connectivity index (χ0v) is 14.8. The highest BCUT2D eigenvalue weighted by Crippen LogP contribution is 2.60. The van der Waals surface area contributed by atoms with Gasteiger partial charge < -0.3 is 4.57 Å². The van der Waals surface area contributed by atoms with E-state index in [1.54, 1.807) is 11.3 Å². The first-order chi connectivity index (χ1) is 11.6. The molecule has 4 bridgehead atoms. The van der Waals surface area contributed by atoms with Crippen molar-refractivity contribution in [3.05, 3.63) is 29.1 Å². The van der Waals surface area contributed by atoms with E-state index >= 15 is 0 Å². The first-order valence-electron chi connectivity index (χ1n) is 9.02. The summed E-state index contributed by atoms with van der Waals surface area (Å²) in [6.07, 6.45) is 7.32. The number of carbonyl (C=O) groups is 1. The molecule has 2 aromatic rings. The van der Waals surface area contributed by atoms with Gasteiger partial charge in [-0.2, -0.15) is 0 Å². The molecule has 5 heteroatoms. The smallest absolute Gasteiger partial charge is 0.246 e. The number of thiazole rings is 1. The summed E-state index contributed by atoms with van der Waals surface area (Å²) in [4.78, 5) is 13.8. The molecule has 0 radical (unpaired) electrons. The van der Waals surface area contributed by atoms with E-state index in [2.05, 4.69) is 27.2 Å². The third kappa shape index (κ3) is 2.17. The highest BCUT2D eigenvalue weighted by molar-refractivity contribution is 7.16. The monoisotopic (exact) mass is 341 g/mol. The number of hydrogen-bond acceptors (Lipinski definition) is 3. The molecule has 0 aliphatic heterocycles. The number of fused-ring (bicyclic) bond motifs is 1. The topological polar surface area (TPSA) is 46.4 Å². The fourth-order valence-electron chi connectivity index (χ4n) is 5.79. The lowest BCUT2D eigenvalue weighted by Crippen LogP contribution is -2.53. The number of nitrogens with one attached hydrogen (secondary N) is 1. The molecule has 0 spiro atoms. The Hall–Kier alpha value is -1.62. The number of benzene rings is 1. The summed E-state index contributed by atoms with van der Waals surface area (Å²) in [5.41, 5.74) is 3.96. The van der Waals surface area contributed by atoms with Crippen LogP contribution in [-0.4, -0.2) is 10.5 Å². The fraction of sp³-hybridized carbons (Fsp3) is 0.579. The minimum atomic E-state index is -0.131. The number of carbonyl (C=O) groups excluding carboxylic acids is 1. The number of aryl methyl sites for hydroxylation is 1. The van der Waals surface area contributed by atoms with Crippen LogP contribution in [0.25, 0.3) is 10.2 Å². The Labute approximate surface area is 145 Å². The van der Waals surface area contributed by atoms with Crippen molar-refractivity contribution in [2.75, 3.05) is 0 Å². The molecule has 1 aromatic heterocycles. The van der Waals surface area contributed by atoms with E-state index in [4.69, 9.17) is 0 Å². The van der Waals surface area contributed by atoms with E-state index < -0.39 is 0 Å². The quantitative estimate of drug-likeness (QED) is 0.836. The lowest BCUT2D eigenvalue weighted by molar-refractivity contribution is -0.146. The molecule has 0 atom stereocenters. The lowest BCUT2D eigenvalue weighted by atomic mass is 9.49. The third-order valence-corrected chi connectivity index (χ3v) is 7.60. The Morgan fingerprint density at radius 2 is 1.79 bits per heavy atom. The van der Waals surface area contributed by atoms with Gasteiger partial charge in [0.05, 0.1) is 15.6 Å². The van der Waals surface area contributed by atoms with Crippen molar-refractivity contribution >= 4 is 27.5 Å². The van der Waals surface area contributed by atoms with Crippen LogP contribution in [0.1, 0.15) is 38.5 Å². The Morgan fingerprint density at radius 3 is 2.42 bits per heavy atom. The largest absolute Gasteiger partial charge is 0.318 e. The van der Waals surface area contributed by atoms with Gasteiger partial charge in [-0.05, 0) is 68.4 Å². The maximum Gasteiger partial charge on any atom is 0.246 e. The van der Waals surface area contributed by atoms with Gasteiger partial charge in [-0.25, -0.2) is 5.43 Å². The van der Waals surface area contributed by atoms with Gasteiger partial charge in [0.25, 0.3) is 0 Å². The summed E-state index contributed by atoms with van der Waals surface area (Å²) in [5.74, 6) is 2.51. The van der Waals surface area contributed by atoms with E-state index in [9.17, 15) is 4.79 Å². The van der Waals surface area contributed by atoms with Crippen LogP contribution >= 0.6 is 11.3 Å². The first-order valence-corrected chi connectivity index (χ1v) is 9.83. The average Bonchev–Trinajstić information content (AvgIpc) is 2.88. The van der Waals surface area contributed by atoms with Gasteiger partial charge in [-0.3, -0.25) is 4.79 Å². The highest BCUT2D eigenvalue weighted by atomic mass is 32.1. The zero-order chi connectivity index (χ0) is 16.3. The van der Waals surface area contributed by atoms with Crippen LogP contribution in [0.2, 0.25) is 0 Å². The molecule has 6 rings (SSSR count). The van der Waals surface area contributed by atoms with Crippen LogP contribution in [-0.2, 0) is 11.8 Å². The minimum absolute atomic E-state index is 0.131. The summed E-state index contributed by atoms with van der Waals surface area (Å²) < 4.78 is 3.25. The van der Waals surface area contributed by atoms with E-state index in [1.165, 1.54) is 24.0 Å². The molecule has 4 aliphatic rings.